The lowest BCUT2D eigenvalue weighted by Crippen LogP contribution is -2.29. The molecule has 0 spiro atoms. The molecule has 0 saturated carbocycles. The van der Waals surface area contributed by atoms with Gasteiger partial charge in [-0.05, 0) is 31.6 Å². The Morgan fingerprint density at radius 2 is 1.13 bits per heavy atom. The van der Waals surface area contributed by atoms with E-state index in [-0.39, 0.29) is 25.7 Å². The maximum absolute atomic E-state index is 12.4. The molecule has 302 valence electrons. The molecule has 0 heterocycles. The molecule has 0 aliphatic rings. The van der Waals surface area contributed by atoms with Crippen LogP contribution in [0.15, 0.2) is 48.6 Å². The van der Waals surface area contributed by atoms with Gasteiger partial charge in [-0.1, -0.05) is 159 Å². The number of aliphatic hydroxyl groups is 3. The van der Waals surface area contributed by atoms with Crippen molar-refractivity contribution in [3.63, 3.8) is 0 Å². The van der Waals surface area contributed by atoms with Gasteiger partial charge in [-0.25, -0.2) is 4.57 Å². The molecule has 0 radical (unpaired) electrons. The first kappa shape index (κ1) is 49.9. The highest BCUT2D eigenvalue weighted by Gasteiger charge is 2.23. The van der Waals surface area contributed by atoms with E-state index in [1.54, 1.807) is 42.5 Å². The number of ether oxygens (including phenoxy) is 2. The Balaban J connectivity index is 4.31. The second-order valence-electron chi connectivity index (χ2n) is 14.0. The highest BCUT2D eigenvalue weighted by molar-refractivity contribution is 7.46. The second kappa shape index (κ2) is 33.5. The zero-order valence-electron chi connectivity index (χ0n) is 32.2. The third-order valence-corrected chi connectivity index (χ3v) is 8.88. The van der Waals surface area contributed by atoms with E-state index in [2.05, 4.69) is 25.3 Å². The van der Waals surface area contributed by atoms with Crippen molar-refractivity contribution >= 4 is 19.8 Å². The van der Waals surface area contributed by atoms with Crippen LogP contribution in [0.1, 0.15) is 149 Å². The maximum atomic E-state index is 12.4. The van der Waals surface area contributed by atoms with Crippen molar-refractivity contribution in [3.05, 3.63) is 48.6 Å². The first-order valence-electron chi connectivity index (χ1n) is 19.6. The number of esters is 2. The molecule has 0 saturated heterocycles. The summed E-state index contributed by atoms with van der Waals surface area (Å²) in [5.74, 6) is -0.430. The Morgan fingerprint density at radius 1 is 0.615 bits per heavy atom. The first-order valence-corrected chi connectivity index (χ1v) is 21.1. The maximum Gasteiger partial charge on any atom is 0.469 e. The molecule has 0 fully saturated rings. The molecule has 4 atom stereocenters. The van der Waals surface area contributed by atoms with Crippen molar-refractivity contribution in [2.24, 2.45) is 5.92 Å². The third kappa shape index (κ3) is 34.9. The number of allylic oxidation sites excluding steroid dienone is 6. The van der Waals surface area contributed by atoms with Crippen LogP contribution < -0.4 is 0 Å². The van der Waals surface area contributed by atoms with Crippen molar-refractivity contribution in [3.8, 4) is 0 Å². The lowest BCUT2D eigenvalue weighted by molar-refractivity contribution is -0.161. The fourth-order valence-corrected chi connectivity index (χ4v) is 5.65. The molecule has 5 N–H and O–H groups in total. The van der Waals surface area contributed by atoms with Gasteiger partial charge in [-0.3, -0.25) is 14.1 Å². The van der Waals surface area contributed by atoms with Gasteiger partial charge in [-0.2, -0.15) is 0 Å². The van der Waals surface area contributed by atoms with E-state index in [4.69, 9.17) is 19.3 Å². The van der Waals surface area contributed by atoms with E-state index in [0.717, 1.165) is 50.9 Å². The molecule has 0 aliphatic heterocycles. The number of hydrogen-bond donors (Lipinski definition) is 5. The number of unbranched alkanes of at least 4 members (excludes halogenated alkanes) is 12. The summed E-state index contributed by atoms with van der Waals surface area (Å²) in [6, 6.07) is 0. The average molecular weight is 759 g/mol. The summed E-state index contributed by atoms with van der Waals surface area (Å²) in [6.45, 7) is 5.58. The molecule has 0 aromatic rings. The fourth-order valence-electron chi connectivity index (χ4n) is 5.29. The Bertz CT molecular complexity index is 1050. The molecule has 0 aromatic heterocycles. The molecule has 52 heavy (non-hydrogen) atoms. The average Bonchev–Trinajstić information content (AvgIpc) is 3.08. The molecule has 0 bridgehead atoms. The van der Waals surface area contributed by atoms with Gasteiger partial charge in [0.15, 0.2) is 6.10 Å². The van der Waals surface area contributed by atoms with Crippen molar-refractivity contribution < 1.29 is 53.3 Å². The highest BCUT2D eigenvalue weighted by Crippen LogP contribution is 2.36. The summed E-state index contributed by atoms with van der Waals surface area (Å²) >= 11 is 0. The van der Waals surface area contributed by atoms with Crippen molar-refractivity contribution in [2.75, 3.05) is 13.2 Å². The van der Waals surface area contributed by atoms with Gasteiger partial charge in [0.1, 0.15) is 6.61 Å². The smallest absolute Gasteiger partial charge is 0.462 e. The number of hydrogen-bond acceptors (Lipinski definition) is 9. The summed E-state index contributed by atoms with van der Waals surface area (Å²) in [6.07, 6.45) is 27.8. The van der Waals surface area contributed by atoms with Crippen molar-refractivity contribution in [2.45, 2.75) is 174 Å². The van der Waals surface area contributed by atoms with Gasteiger partial charge in [0.2, 0.25) is 0 Å². The predicted molar refractivity (Wildman–Crippen MR) is 206 cm³/mol. The van der Waals surface area contributed by atoms with E-state index < -0.39 is 57.4 Å². The summed E-state index contributed by atoms with van der Waals surface area (Å²) in [5, 5.41) is 30.2. The quantitative estimate of drug-likeness (QED) is 0.0184. The van der Waals surface area contributed by atoms with E-state index in [9.17, 15) is 29.5 Å². The lowest BCUT2D eigenvalue weighted by Gasteiger charge is -2.18. The molecular weight excluding hydrogens is 687 g/mol. The zero-order valence-corrected chi connectivity index (χ0v) is 33.1. The standard InChI is InChI=1S/C40H71O11P/c1-4-5-19-26-35(41)27-21-16-13-14-17-22-28-37(42)38(43)29-24-31-39(44)49-32-36(33-50-52(46,47)48)51-40(45)30-23-18-12-10-8-6-7-9-11-15-20-25-34(2)3/h13-14,16-17,21-22,27-28,34-38,41-43H,4-12,15,18-20,23-26,29-33H2,1-3H3,(H2,46,47,48)/b16-13-,17-14+,27-21+,28-22+/t35-,36-,37-,38-/m1/s1. The minimum atomic E-state index is -4.83. The Labute approximate surface area is 313 Å². The van der Waals surface area contributed by atoms with Crippen LogP contribution in [-0.4, -0.2) is 74.7 Å². The van der Waals surface area contributed by atoms with Crippen LogP contribution in [0.2, 0.25) is 0 Å². The molecule has 12 heteroatoms. The topological polar surface area (TPSA) is 180 Å². The molecule has 0 aliphatic carbocycles. The van der Waals surface area contributed by atoms with Gasteiger partial charge in [0, 0.05) is 12.8 Å². The van der Waals surface area contributed by atoms with Crippen LogP contribution in [0, 0.1) is 5.92 Å². The Kier molecular flexibility index (Phi) is 32.1. The van der Waals surface area contributed by atoms with Crippen LogP contribution in [0.4, 0.5) is 0 Å². The molecule has 0 aromatic carbocycles. The minimum Gasteiger partial charge on any atom is -0.462 e. The molecule has 0 amide bonds. The van der Waals surface area contributed by atoms with Crippen LogP contribution in [0.5, 0.6) is 0 Å². The van der Waals surface area contributed by atoms with Crippen LogP contribution in [-0.2, 0) is 28.2 Å². The second-order valence-corrected chi connectivity index (χ2v) is 15.2. The SMILES string of the molecule is CCCCC[C@@H](O)/C=C/C=C\C=C\C=C\[C@@H](O)[C@H](O)CCCC(=O)OC[C@H](COP(=O)(O)O)OC(=O)CCCCCCCCCCCCCC(C)C. The Hall–Kier alpha value is -2.11. The Morgan fingerprint density at radius 3 is 1.71 bits per heavy atom. The minimum absolute atomic E-state index is 0.0860. The van der Waals surface area contributed by atoms with Crippen molar-refractivity contribution in [1.29, 1.82) is 0 Å². The number of phosphoric acid groups is 1. The van der Waals surface area contributed by atoms with Crippen LogP contribution in [0.3, 0.4) is 0 Å². The third-order valence-electron chi connectivity index (χ3n) is 8.39. The largest absolute Gasteiger partial charge is 0.469 e. The van der Waals surface area contributed by atoms with E-state index in [1.807, 2.05) is 0 Å². The summed E-state index contributed by atoms with van der Waals surface area (Å²) < 4.78 is 26.1. The van der Waals surface area contributed by atoms with Crippen LogP contribution >= 0.6 is 7.82 Å². The normalized spacial score (nSPS) is 14.9. The van der Waals surface area contributed by atoms with Gasteiger partial charge >= 0.3 is 19.8 Å². The summed E-state index contributed by atoms with van der Waals surface area (Å²) in [5.41, 5.74) is 0. The summed E-state index contributed by atoms with van der Waals surface area (Å²) in [7, 11) is -4.83. The van der Waals surface area contributed by atoms with E-state index in [0.29, 0.717) is 6.42 Å². The molecule has 0 rings (SSSR count). The first-order chi connectivity index (χ1) is 24.8. The van der Waals surface area contributed by atoms with Gasteiger partial charge in [0.25, 0.3) is 0 Å². The highest BCUT2D eigenvalue weighted by atomic mass is 31.2. The van der Waals surface area contributed by atoms with E-state index in [1.165, 1.54) is 57.4 Å². The number of aliphatic hydroxyl groups excluding tert-OH is 3. The summed E-state index contributed by atoms with van der Waals surface area (Å²) in [4.78, 5) is 42.8. The predicted octanol–water partition coefficient (Wildman–Crippen LogP) is 8.34. The number of carbonyl (C=O) groups excluding carboxylic acids is 2. The molecular formula is C40H71O11P. The monoisotopic (exact) mass is 758 g/mol. The van der Waals surface area contributed by atoms with Gasteiger partial charge in [-0.15, -0.1) is 0 Å². The number of rotatable bonds is 34. The molecule has 0 unspecified atom stereocenters. The number of carbonyl (C=O) groups is 2. The fraction of sp³-hybridized carbons (Fsp3) is 0.750. The van der Waals surface area contributed by atoms with Crippen molar-refractivity contribution in [1.82, 2.24) is 0 Å². The van der Waals surface area contributed by atoms with E-state index >= 15 is 0 Å². The number of phosphoric ester groups is 1. The lowest BCUT2D eigenvalue weighted by atomic mass is 10.0. The van der Waals surface area contributed by atoms with Crippen LogP contribution in [0.25, 0.3) is 0 Å². The zero-order chi connectivity index (χ0) is 38.9. The van der Waals surface area contributed by atoms with Gasteiger partial charge < -0.3 is 34.6 Å². The molecule has 11 nitrogen and oxygen atoms in total. The van der Waals surface area contributed by atoms with Gasteiger partial charge in [0.05, 0.1) is 24.9 Å².